The van der Waals surface area contributed by atoms with Crippen molar-refractivity contribution in [2.75, 3.05) is 5.32 Å². The monoisotopic (exact) mass is 223 g/mol. The predicted octanol–water partition coefficient (Wildman–Crippen LogP) is 2.75. The Bertz CT molecular complexity index is 520. The van der Waals surface area contributed by atoms with Crippen LogP contribution in [0.3, 0.4) is 0 Å². The molecule has 0 atom stereocenters. The van der Waals surface area contributed by atoms with E-state index >= 15 is 0 Å². The van der Waals surface area contributed by atoms with Gasteiger partial charge in [0, 0.05) is 19.3 Å². The molecule has 1 aromatic heterocycles. The van der Waals surface area contributed by atoms with E-state index in [-0.39, 0.29) is 5.69 Å². The van der Waals surface area contributed by atoms with Crippen LogP contribution in [-0.4, -0.2) is 9.55 Å². The third-order valence-electron chi connectivity index (χ3n) is 2.17. The number of hydrogen-bond donors (Lipinski definition) is 1. The second-order valence-corrected chi connectivity index (χ2v) is 3.57. The van der Waals surface area contributed by atoms with Gasteiger partial charge in [0.1, 0.15) is 11.6 Å². The van der Waals surface area contributed by atoms with Crippen molar-refractivity contribution in [1.29, 1.82) is 0 Å². The number of rotatable bonds is 2. The lowest BCUT2D eigenvalue weighted by molar-refractivity contribution is 0.586. The minimum Gasteiger partial charge on any atom is -0.323 e. The van der Waals surface area contributed by atoms with Crippen molar-refractivity contribution in [3.05, 3.63) is 41.7 Å². The van der Waals surface area contributed by atoms with E-state index in [1.54, 1.807) is 11.6 Å². The van der Waals surface area contributed by atoms with Gasteiger partial charge in [-0.2, -0.15) is 0 Å². The van der Waals surface area contributed by atoms with Crippen molar-refractivity contribution >= 4 is 11.6 Å². The number of anilines is 2. The van der Waals surface area contributed by atoms with Crippen LogP contribution in [0.5, 0.6) is 0 Å². The van der Waals surface area contributed by atoms with Crippen LogP contribution in [0, 0.1) is 18.6 Å². The maximum Gasteiger partial charge on any atom is 0.207 e. The van der Waals surface area contributed by atoms with Crippen LogP contribution in [0.25, 0.3) is 0 Å². The predicted molar refractivity (Wildman–Crippen MR) is 57.6 cm³/mol. The Hall–Kier alpha value is -1.91. The fourth-order valence-electron chi connectivity index (χ4n) is 1.44. The summed E-state index contributed by atoms with van der Waals surface area (Å²) in [6.45, 7) is 1.84. The molecule has 0 fully saturated rings. The molecule has 0 saturated carbocycles. The summed E-state index contributed by atoms with van der Waals surface area (Å²) < 4.78 is 27.8. The molecule has 3 nitrogen and oxygen atoms in total. The Morgan fingerprint density at radius 3 is 2.62 bits per heavy atom. The first-order valence-electron chi connectivity index (χ1n) is 4.78. The first-order valence-corrected chi connectivity index (χ1v) is 4.78. The van der Waals surface area contributed by atoms with E-state index in [1.807, 2.05) is 13.1 Å². The third-order valence-corrected chi connectivity index (χ3v) is 2.17. The van der Waals surface area contributed by atoms with Crippen LogP contribution >= 0.6 is 0 Å². The Balaban J connectivity index is 2.30. The molecule has 1 N–H and O–H groups in total. The van der Waals surface area contributed by atoms with E-state index in [0.717, 1.165) is 11.8 Å². The van der Waals surface area contributed by atoms with Crippen molar-refractivity contribution in [1.82, 2.24) is 9.55 Å². The molecule has 1 heterocycles. The molecule has 0 aliphatic carbocycles. The topological polar surface area (TPSA) is 29.9 Å². The van der Waals surface area contributed by atoms with Crippen LogP contribution in [-0.2, 0) is 7.05 Å². The average Bonchev–Trinajstić information content (AvgIpc) is 2.50. The Morgan fingerprint density at radius 2 is 2.06 bits per heavy atom. The molecule has 0 unspecified atom stereocenters. The maximum absolute atomic E-state index is 13.3. The summed E-state index contributed by atoms with van der Waals surface area (Å²) in [6, 6.07) is 3.37. The highest BCUT2D eigenvalue weighted by Gasteiger charge is 2.07. The zero-order valence-electron chi connectivity index (χ0n) is 8.96. The molecule has 1 aromatic carbocycles. The molecule has 0 saturated heterocycles. The first-order chi connectivity index (χ1) is 7.56. The third kappa shape index (κ3) is 2.03. The first kappa shape index (κ1) is 10.6. The van der Waals surface area contributed by atoms with Gasteiger partial charge in [-0.3, -0.25) is 0 Å². The van der Waals surface area contributed by atoms with E-state index in [4.69, 9.17) is 0 Å². The lowest BCUT2D eigenvalue weighted by Crippen LogP contribution is -2.00. The summed E-state index contributed by atoms with van der Waals surface area (Å²) in [5.41, 5.74) is 1.03. The van der Waals surface area contributed by atoms with Gasteiger partial charge in [-0.15, -0.1) is 0 Å². The van der Waals surface area contributed by atoms with Crippen molar-refractivity contribution in [2.45, 2.75) is 6.92 Å². The van der Waals surface area contributed by atoms with Gasteiger partial charge < -0.3 is 9.88 Å². The van der Waals surface area contributed by atoms with Gasteiger partial charge in [-0.1, -0.05) is 0 Å². The van der Waals surface area contributed by atoms with Crippen LogP contribution in [0.2, 0.25) is 0 Å². The van der Waals surface area contributed by atoms with E-state index in [9.17, 15) is 8.78 Å². The van der Waals surface area contributed by atoms with E-state index < -0.39 is 11.6 Å². The van der Waals surface area contributed by atoms with Gasteiger partial charge in [-0.05, 0) is 19.1 Å². The zero-order chi connectivity index (χ0) is 11.7. The van der Waals surface area contributed by atoms with Crippen LogP contribution in [0.4, 0.5) is 20.4 Å². The van der Waals surface area contributed by atoms with Crippen LogP contribution in [0.1, 0.15) is 5.69 Å². The van der Waals surface area contributed by atoms with Gasteiger partial charge in [0.2, 0.25) is 5.95 Å². The van der Waals surface area contributed by atoms with Crippen LogP contribution < -0.4 is 5.32 Å². The largest absolute Gasteiger partial charge is 0.323 e. The van der Waals surface area contributed by atoms with Crippen molar-refractivity contribution in [3.8, 4) is 0 Å². The molecular weight excluding hydrogens is 212 g/mol. The molecule has 2 aromatic rings. The summed E-state index contributed by atoms with van der Waals surface area (Å²) in [6.07, 6.45) is 1.81. The number of nitrogens with zero attached hydrogens (tertiary/aromatic N) is 2. The number of aromatic nitrogens is 2. The van der Waals surface area contributed by atoms with Crippen molar-refractivity contribution < 1.29 is 8.78 Å². The molecule has 0 aliphatic heterocycles. The molecule has 16 heavy (non-hydrogen) atoms. The zero-order valence-corrected chi connectivity index (χ0v) is 8.96. The molecule has 0 spiro atoms. The summed E-state index contributed by atoms with van der Waals surface area (Å²) in [4.78, 5) is 4.16. The van der Waals surface area contributed by atoms with E-state index in [1.165, 1.54) is 12.1 Å². The second kappa shape index (κ2) is 3.92. The van der Waals surface area contributed by atoms with E-state index in [0.29, 0.717) is 5.95 Å². The molecule has 0 amide bonds. The fraction of sp³-hybridized carbons (Fsp3) is 0.182. The Kier molecular flexibility index (Phi) is 2.60. The summed E-state index contributed by atoms with van der Waals surface area (Å²) >= 11 is 0. The number of imidazole rings is 1. The number of aryl methyl sites for hydroxylation is 2. The SMILES string of the molecule is Cc1cn(C)c(Nc2ccc(F)cc2F)n1. The average molecular weight is 223 g/mol. The summed E-state index contributed by atoms with van der Waals surface area (Å²) in [5.74, 6) is -0.720. The normalized spacial score (nSPS) is 10.5. The molecule has 0 aliphatic rings. The number of benzene rings is 1. The van der Waals surface area contributed by atoms with Gasteiger partial charge >= 0.3 is 0 Å². The smallest absolute Gasteiger partial charge is 0.207 e. The summed E-state index contributed by atoms with van der Waals surface area (Å²) in [7, 11) is 1.80. The van der Waals surface area contributed by atoms with Crippen molar-refractivity contribution in [3.63, 3.8) is 0 Å². The van der Waals surface area contributed by atoms with Gasteiger partial charge in [-0.25, -0.2) is 13.8 Å². The van der Waals surface area contributed by atoms with E-state index in [2.05, 4.69) is 10.3 Å². The standard InChI is InChI=1S/C11H11F2N3/c1-7-6-16(2)11(14-7)15-10-4-3-8(12)5-9(10)13/h3-6H,1-2H3,(H,14,15). The second-order valence-electron chi connectivity index (χ2n) is 3.57. The van der Waals surface area contributed by atoms with Gasteiger partial charge in [0.15, 0.2) is 0 Å². The highest BCUT2D eigenvalue weighted by Crippen LogP contribution is 2.19. The lowest BCUT2D eigenvalue weighted by Gasteiger charge is -2.06. The quantitative estimate of drug-likeness (QED) is 0.848. The molecule has 2 rings (SSSR count). The highest BCUT2D eigenvalue weighted by molar-refractivity contribution is 5.54. The lowest BCUT2D eigenvalue weighted by atomic mass is 10.3. The number of hydrogen-bond acceptors (Lipinski definition) is 2. The van der Waals surface area contributed by atoms with Crippen LogP contribution in [0.15, 0.2) is 24.4 Å². The molecular formula is C11H11F2N3. The van der Waals surface area contributed by atoms with Gasteiger partial charge in [0.25, 0.3) is 0 Å². The maximum atomic E-state index is 13.3. The minimum absolute atomic E-state index is 0.204. The minimum atomic E-state index is -0.638. The molecule has 84 valence electrons. The molecule has 0 radical (unpaired) electrons. The van der Waals surface area contributed by atoms with Gasteiger partial charge in [0.05, 0.1) is 11.4 Å². The highest BCUT2D eigenvalue weighted by atomic mass is 19.1. The number of halogens is 2. The number of nitrogens with one attached hydrogen (secondary N) is 1. The fourth-order valence-corrected chi connectivity index (χ4v) is 1.44. The molecule has 0 bridgehead atoms. The summed E-state index contributed by atoms with van der Waals surface area (Å²) in [5, 5.41) is 2.80. The Morgan fingerprint density at radius 1 is 1.31 bits per heavy atom. The Labute approximate surface area is 91.7 Å². The molecule has 5 heteroatoms. The van der Waals surface area contributed by atoms with Crippen molar-refractivity contribution in [2.24, 2.45) is 7.05 Å².